The monoisotopic (exact) mass is 282 g/mol. The van der Waals surface area contributed by atoms with E-state index in [2.05, 4.69) is 5.32 Å². The van der Waals surface area contributed by atoms with E-state index < -0.39 is 5.91 Å². The molecule has 0 bridgehead atoms. The third-order valence-corrected chi connectivity index (χ3v) is 3.59. The normalized spacial score (nSPS) is 18.6. The van der Waals surface area contributed by atoms with Gasteiger partial charge >= 0.3 is 0 Å². The van der Waals surface area contributed by atoms with E-state index in [0.29, 0.717) is 24.5 Å². The van der Waals surface area contributed by atoms with Gasteiger partial charge in [-0.05, 0) is 18.2 Å². The molecule has 2 aliphatic rings. The van der Waals surface area contributed by atoms with E-state index in [0.717, 1.165) is 11.3 Å². The lowest BCUT2D eigenvalue weighted by Gasteiger charge is -2.22. The molecule has 1 fully saturated rings. The average molecular weight is 282 g/mol. The van der Waals surface area contributed by atoms with E-state index >= 15 is 0 Å². The Balaban J connectivity index is 1.78. The third kappa shape index (κ3) is 1.90. The van der Waals surface area contributed by atoms with Gasteiger partial charge in [0, 0.05) is 5.56 Å². The van der Waals surface area contributed by atoms with Crippen LogP contribution in [0.15, 0.2) is 48.5 Å². The first-order valence-electron chi connectivity index (χ1n) is 6.80. The van der Waals surface area contributed by atoms with Crippen LogP contribution in [0.2, 0.25) is 0 Å². The SMILES string of the molecule is N=C1NC2(OCCO2)c2cccc(Oc3ccccc3)c21. The summed E-state index contributed by atoms with van der Waals surface area (Å²) in [6, 6.07) is 15.1. The molecule has 0 aromatic heterocycles. The number of nitrogens with one attached hydrogen (secondary N) is 2. The average Bonchev–Trinajstić information content (AvgIpc) is 3.08. The quantitative estimate of drug-likeness (QED) is 0.888. The van der Waals surface area contributed by atoms with Crippen molar-refractivity contribution in [2.24, 2.45) is 0 Å². The number of hydrogen-bond acceptors (Lipinski definition) is 4. The van der Waals surface area contributed by atoms with Crippen LogP contribution in [0.25, 0.3) is 0 Å². The zero-order chi connectivity index (χ0) is 14.3. The standard InChI is InChI=1S/C16H14N2O3/c17-15-14-12(16(18-15)19-9-10-20-16)7-4-8-13(14)21-11-5-2-1-3-6-11/h1-8H,9-10H2,(H2,17,18). The topological polar surface area (TPSA) is 63.6 Å². The van der Waals surface area contributed by atoms with Crippen molar-refractivity contribution in [2.45, 2.75) is 5.91 Å². The molecule has 0 amide bonds. The molecule has 0 aliphatic carbocycles. The van der Waals surface area contributed by atoms with Crippen molar-refractivity contribution in [1.82, 2.24) is 5.32 Å². The maximum Gasteiger partial charge on any atom is 0.279 e. The van der Waals surface area contributed by atoms with Crippen molar-refractivity contribution in [3.8, 4) is 11.5 Å². The maximum atomic E-state index is 8.18. The number of ether oxygens (including phenoxy) is 3. The summed E-state index contributed by atoms with van der Waals surface area (Å²) in [4.78, 5) is 0. The van der Waals surface area contributed by atoms with Crippen LogP contribution in [-0.4, -0.2) is 19.0 Å². The second-order valence-electron chi connectivity index (χ2n) is 4.91. The lowest BCUT2D eigenvalue weighted by molar-refractivity contribution is -0.173. The fourth-order valence-electron chi connectivity index (χ4n) is 2.70. The summed E-state index contributed by atoms with van der Waals surface area (Å²) < 4.78 is 17.2. The summed E-state index contributed by atoms with van der Waals surface area (Å²) in [5, 5.41) is 11.2. The van der Waals surface area contributed by atoms with E-state index in [1.54, 1.807) is 0 Å². The summed E-state index contributed by atoms with van der Waals surface area (Å²) in [6.45, 7) is 1.01. The van der Waals surface area contributed by atoms with Crippen molar-refractivity contribution >= 4 is 5.84 Å². The molecule has 1 saturated heterocycles. The van der Waals surface area contributed by atoms with Gasteiger partial charge in [0.05, 0.1) is 18.8 Å². The van der Waals surface area contributed by atoms with Gasteiger partial charge in [-0.15, -0.1) is 0 Å². The highest BCUT2D eigenvalue weighted by atomic mass is 16.8. The zero-order valence-corrected chi connectivity index (χ0v) is 11.3. The van der Waals surface area contributed by atoms with Crippen LogP contribution in [0.1, 0.15) is 11.1 Å². The van der Waals surface area contributed by atoms with Gasteiger partial charge in [-0.25, -0.2) is 0 Å². The largest absolute Gasteiger partial charge is 0.457 e. The molecule has 5 nitrogen and oxygen atoms in total. The molecule has 1 spiro atoms. The number of amidine groups is 1. The molecular weight excluding hydrogens is 268 g/mol. The first-order chi connectivity index (χ1) is 10.3. The summed E-state index contributed by atoms with van der Waals surface area (Å²) in [5.74, 6) is 0.571. The molecule has 2 heterocycles. The van der Waals surface area contributed by atoms with Crippen LogP contribution in [0.4, 0.5) is 0 Å². The summed E-state index contributed by atoms with van der Waals surface area (Å²) in [5.41, 5.74) is 1.47. The van der Waals surface area contributed by atoms with E-state index in [1.165, 1.54) is 0 Å². The van der Waals surface area contributed by atoms with Gasteiger partial charge in [-0.2, -0.15) is 0 Å². The minimum Gasteiger partial charge on any atom is -0.457 e. The lowest BCUT2D eigenvalue weighted by atomic mass is 10.1. The highest BCUT2D eigenvalue weighted by Crippen LogP contribution is 2.41. The molecule has 4 rings (SSSR count). The van der Waals surface area contributed by atoms with Crippen LogP contribution >= 0.6 is 0 Å². The molecule has 2 N–H and O–H groups in total. The number of fused-ring (bicyclic) bond motifs is 2. The van der Waals surface area contributed by atoms with Crippen molar-refractivity contribution in [3.63, 3.8) is 0 Å². The second kappa shape index (κ2) is 4.58. The predicted molar refractivity (Wildman–Crippen MR) is 76.5 cm³/mol. The van der Waals surface area contributed by atoms with Crippen molar-refractivity contribution in [1.29, 1.82) is 5.41 Å². The number of hydrogen-bond donors (Lipinski definition) is 2. The highest BCUT2D eigenvalue weighted by Gasteiger charge is 2.48. The Morgan fingerprint density at radius 2 is 1.76 bits per heavy atom. The van der Waals surface area contributed by atoms with Crippen molar-refractivity contribution in [2.75, 3.05) is 13.2 Å². The van der Waals surface area contributed by atoms with Gasteiger partial charge in [0.15, 0.2) is 0 Å². The Kier molecular flexibility index (Phi) is 2.70. The summed E-state index contributed by atoms with van der Waals surface area (Å²) >= 11 is 0. The van der Waals surface area contributed by atoms with Gasteiger partial charge in [0.2, 0.25) is 0 Å². The van der Waals surface area contributed by atoms with Gasteiger partial charge < -0.3 is 19.5 Å². The molecule has 2 aromatic rings. The fraction of sp³-hybridized carbons (Fsp3) is 0.188. The summed E-state index contributed by atoms with van der Waals surface area (Å²) in [7, 11) is 0. The molecule has 0 unspecified atom stereocenters. The number of para-hydroxylation sites is 1. The molecule has 0 atom stereocenters. The zero-order valence-electron chi connectivity index (χ0n) is 11.3. The summed E-state index contributed by atoms with van der Waals surface area (Å²) in [6.07, 6.45) is 0. The van der Waals surface area contributed by atoms with Crippen LogP contribution in [-0.2, 0) is 15.4 Å². The van der Waals surface area contributed by atoms with Gasteiger partial charge in [0.25, 0.3) is 5.91 Å². The van der Waals surface area contributed by atoms with E-state index in [-0.39, 0.29) is 5.84 Å². The predicted octanol–water partition coefficient (Wildman–Crippen LogP) is 2.56. The lowest BCUT2D eigenvalue weighted by Crippen LogP contribution is -2.40. The van der Waals surface area contributed by atoms with Gasteiger partial charge in [-0.3, -0.25) is 5.41 Å². The van der Waals surface area contributed by atoms with Gasteiger partial charge in [0.1, 0.15) is 17.3 Å². The maximum absolute atomic E-state index is 8.18. The molecule has 0 radical (unpaired) electrons. The highest BCUT2D eigenvalue weighted by molar-refractivity contribution is 6.03. The first kappa shape index (κ1) is 12.4. The molecule has 0 saturated carbocycles. The van der Waals surface area contributed by atoms with Crippen molar-refractivity contribution < 1.29 is 14.2 Å². The Hall–Kier alpha value is -2.37. The van der Waals surface area contributed by atoms with E-state index in [9.17, 15) is 0 Å². The van der Waals surface area contributed by atoms with Crippen LogP contribution in [0.5, 0.6) is 11.5 Å². The van der Waals surface area contributed by atoms with Crippen molar-refractivity contribution in [3.05, 3.63) is 59.7 Å². The molecule has 2 aliphatic heterocycles. The first-order valence-corrected chi connectivity index (χ1v) is 6.80. The van der Waals surface area contributed by atoms with E-state index in [4.69, 9.17) is 19.6 Å². The Morgan fingerprint density at radius 3 is 2.52 bits per heavy atom. The molecule has 5 heteroatoms. The second-order valence-corrected chi connectivity index (χ2v) is 4.91. The number of rotatable bonds is 2. The molecule has 21 heavy (non-hydrogen) atoms. The van der Waals surface area contributed by atoms with Crippen LogP contribution in [0, 0.1) is 5.41 Å². The Morgan fingerprint density at radius 1 is 1.00 bits per heavy atom. The third-order valence-electron chi connectivity index (χ3n) is 3.59. The number of benzene rings is 2. The fourth-order valence-corrected chi connectivity index (χ4v) is 2.70. The van der Waals surface area contributed by atoms with E-state index in [1.807, 2.05) is 48.5 Å². The van der Waals surface area contributed by atoms with Crippen LogP contribution < -0.4 is 10.1 Å². The minimum absolute atomic E-state index is 0.249. The van der Waals surface area contributed by atoms with Crippen LogP contribution in [0.3, 0.4) is 0 Å². The Bertz CT molecular complexity index is 694. The smallest absolute Gasteiger partial charge is 0.279 e. The van der Waals surface area contributed by atoms with Gasteiger partial charge in [-0.1, -0.05) is 30.3 Å². The molecule has 106 valence electrons. The molecule has 2 aromatic carbocycles. The minimum atomic E-state index is -1.03. The molecular formula is C16H14N2O3. The Labute approximate surface area is 122 Å².